The lowest BCUT2D eigenvalue weighted by atomic mass is 10.1. The van der Waals surface area contributed by atoms with Crippen LogP contribution in [0.15, 0.2) is 30.3 Å². The van der Waals surface area contributed by atoms with Gasteiger partial charge in [-0.2, -0.15) is 5.10 Å². The molecule has 170 valence electrons. The molecule has 2 fully saturated rings. The molecule has 0 aliphatic heterocycles. The number of rotatable bonds is 10. The summed E-state index contributed by atoms with van der Waals surface area (Å²) in [5.41, 5.74) is 3.31. The average Bonchev–Trinajstić information content (AvgIpc) is 3.70. The lowest BCUT2D eigenvalue weighted by Crippen LogP contribution is -2.31. The average molecular weight is 455 g/mol. The monoisotopic (exact) mass is 454 g/mol. The normalized spacial score (nSPS) is 15.8. The second-order valence-electron chi connectivity index (χ2n) is 8.84. The van der Waals surface area contributed by atoms with Gasteiger partial charge in [-0.25, -0.2) is 0 Å². The molecular formula is C25H31ClN4O2. The van der Waals surface area contributed by atoms with Crippen molar-refractivity contribution in [2.24, 2.45) is 0 Å². The minimum atomic E-state index is -0.0279. The Hall–Kier alpha value is -2.60. The first-order chi connectivity index (χ1) is 15.5. The van der Waals surface area contributed by atoms with E-state index in [1.807, 2.05) is 40.8 Å². The number of aromatic nitrogens is 2. The van der Waals surface area contributed by atoms with Crippen LogP contribution in [0, 0.1) is 6.92 Å². The molecule has 0 unspecified atom stereocenters. The fourth-order valence-electron chi connectivity index (χ4n) is 3.69. The van der Waals surface area contributed by atoms with E-state index in [-0.39, 0.29) is 17.9 Å². The van der Waals surface area contributed by atoms with Gasteiger partial charge in [-0.15, -0.1) is 0 Å². The first-order valence-corrected chi connectivity index (χ1v) is 12.0. The summed E-state index contributed by atoms with van der Waals surface area (Å²) in [6.45, 7) is 5.35. The molecule has 7 heteroatoms. The van der Waals surface area contributed by atoms with Gasteiger partial charge in [0.1, 0.15) is 5.15 Å². The van der Waals surface area contributed by atoms with E-state index in [1.165, 1.54) is 0 Å². The molecule has 0 radical (unpaired) electrons. The van der Waals surface area contributed by atoms with Gasteiger partial charge in [-0.05, 0) is 62.8 Å². The minimum absolute atomic E-state index is 0.0242. The van der Waals surface area contributed by atoms with Crippen molar-refractivity contribution in [2.45, 2.75) is 77.5 Å². The van der Waals surface area contributed by atoms with Crippen molar-refractivity contribution >= 4 is 29.5 Å². The smallest absolute Gasteiger partial charge is 0.251 e. The molecule has 6 nitrogen and oxygen atoms in total. The van der Waals surface area contributed by atoms with Crippen LogP contribution >= 0.6 is 11.6 Å². The van der Waals surface area contributed by atoms with Gasteiger partial charge in [-0.3, -0.25) is 14.3 Å². The Morgan fingerprint density at radius 2 is 1.94 bits per heavy atom. The van der Waals surface area contributed by atoms with E-state index in [2.05, 4.69) is 17.3 Å². The summed E-state index contributed by atoms with van der Waals surface area (Å²) in [6, 6.07) is 8.17. The SMILES string of the molecule is CCCCn1nc(C)c(/C=C/C(=O)N(Cc2ccc(C(=O)NC3CC3)cc2)C2CC2)c1Cl. The fraction of sp³-hybridized carbons (Fsp3) is 0.480. The van der Waals surface area contributed by atoms with Gasteiger partial charge in [0.2, 0.25) is 5.91 Å². The van der Waals surface area contributed by atoms with Crippen molar-refractivity contribution in [3.05, 3.63) is 57.9 Å². The molecule has 0 atom stereocenters. The number of halogens is 1. The van der Waals surface area contributed by atoms with Gasteiger partial charge in [0.05, 0.1) is 5.69 Å². The lowest BCUT2D eigenvalue weighted by molar-refractivity contribution is -0.127. The largest absolute Gasteiger partial charge is 0.349 e. The number of unbranched alkanes of at least 4 members (excludes halogenated alkanes) is 1. The number of carbonyl (C=O) groups is 2. The van der Waals surface area contributed by atoms with Crippen LogP contribution < -0.4 is 5.32 Å². The van der Waals surface area contributed by atoms with Crippen LogP contribution in [-0.2, 0) is 17.9 Å². The first-order valence-electron chi connectivity index (χ1n) is 11.6. The Labute approximate surface area is 194 Å². The second kappa shape index (κ2) is 9.90. The van der Waals surface area contributed by atoms with E-state index in [9.17, 15) is 9.59 Å². The molecule has 2 aromatic rings. The van der Waals surface area contributed by atoms with E-state index in [0.29, 0.717) is 23.3 Å². The number of benzene rings is 1. The van der Waals surface area contributed by atoms with Gasteiger partial charge in [0, 0.05) is 42.4 Å². The summed E-state index contributed by atoms with van der Waals surface area (Å²) >= 11 is 6.50. The summed E-state index contributed by atoms with van der Waals surface area (Å²) in [5.74, 6) is -0.0522. The topological polar surface area (TPSA) is 67.2 Å². The molecule has 32 heavy (non-hydrogen) atoms. The number of hydrogen-bond acceptors (Lipinski definition) is 3. The molecule has 0 spiro atoms. The maximum absolute atomic E-state index is 13.0. The number of amides is 2. The van der Waals surface area contributed by atoms with Crippen LogP contribution in [0.2, 0.25) is 5.15 Å². The van der Waals surface area contributed by atoms with Gasteiger partial charge in [0.25, 0.3) is 5.91 Å². The van der Waals surface area contributed by atoms with Crippen LogP contribution in [0.1, 0.15) is 72.6 Å². The third-order valence-corrected chi connectivity index (χ3v) is 6.38. The van der Waals surface area contributed by atoms with Crippen molar-refractivity contribution in [3.63, 3.8) is 0 Å². The summed E-state index contributed by atoms with van der Waals surface area (Å²) in [5, 5.41) is 8.09. The van der Waals surface area contributed by atoms with Gasteiger partial charge < -0.3 is 10.2 Å². The molecule has 2 aliphatic carbocycles. The van der Waals surface area contributed by atoms with E-state index in [1.54, 1.807) is 12.2 Å². The Bertz CT molecular complexity index is 1000. The fourth-order valence-corrected chi connectivity index (χ4v) is 4.01. The van der Waals surface area contributed by atoms with E-state index >= 15 is 0 Å². The maximum atomic E-state index is 13.0. The lowest BCUT2D eigenvalue weighted by Gasteiger charge is -2.21. The standard InChI is InChI=1S/C25H31ClN4O2/c1-3-4-15-30-24(26)22(17(2)28-30)13-14-23(31)29(21-11-12-21)16-18-5-7-19(8-6-18)25(32)27-20-9-10-20/h5-8,13-14,20-21H,3-4,9-12,15-16H2,1-2H3,(H,27,32)/b14-13+. The Morgan fingerprint density at radius 3 is 2.56 bits per heavy atom. The predicted octanol–water partition coefficient (Wildman–Crippen LogP) is 4.74. The Balaban J connectivity index is 1.41. The zero-order chi connectivity index (χ0) is 22.7. The van der Waals surface area contributed by atoms with Crippen LogP contribution in [0.4, 0.5) is 0 Å². The van der Waals surface area contributed by atoms with Crippen molar-refractivity contribution in [1.82, 2.24) is 20.0 Å². The van der Waals surface area contributed by atoms with Crippen molar-refractivity contribution in [1.29, 1.82) is 0 Å². The van der Waals surface area contributed by atoms with Crippen molar-refractivity contribution < 1.29 is 9.59 Å². The van der Waals surface area contributed by atoms with E-state index in [0.717, 1.165) is 61.9 Å². The zero-order valence-corrected chi connectivity index (χ0v) is 19.6. The summed E-state index contributed by atoms with van der Waals surface area (Å²) in [6.07, 6.45) is 9.67. The van der Waals surface area contributed by atoms with Gasteiger partial charge in [0.15, 0.2) is 0 Å². The molecule has 1 heterocycles. The maximum Gasteiger partial charge on any atom is 0.251 e. The molecular weight excluding hydrogens is 424 g/mol. The summed E-state index contributed by atoms with van der Waals surface area (Å²) in [7, 11) is 0. The van der Waals surface area contributed by atoms with Crippen molar-refractivity contribution in [3.8, 4) is 0 Å². The third kappa shape index (κ3) is 5.60. The second-order valence-corrected chi connectivity index (χ2v) is 9.20. The molecule has 1 aromatic carbocycles. The molecule has 0 bridgehead atoms. The number of nitrogens with zero attached hydrogens (tertiary/aromatic N) is 3. The van der Waals surface area contributed by atoms with Crippen molar-refractivity contribution in [2.75, 3.05) is 0 Å². The van der Waals surface area contributed by atoms with Gasteiger partial charge >= 0.3 is 0 Å². The number of nitrogens with one attached hydrogen (secondary N) is 1. The predicted molar refractivity (Wildman–Crippen MR) is 126 cm³/mol. The zero-order valence-electron chi connectivity index (χ0n) is 18.8. The molecule has 2 amide bonds. The molecule has 1 N–H and O–H groups in total. The molecule has 2 aliphatic rings. The number of aryl methyl sites for hydroxylation is 2. The Kier molecular flexibility index (Phi) is 6.99. The van der Waals surface area contributed by atoms with Crippen LogP contribution in [-0.4, -0.2) is 38.6 Å². The number of hydrogen-bond donors (Lipinski definition) is 1. The summed E-state index contributed by atoms with van der Waals surface area (Å²) < 4.78 is 1.81. The highest BCUT2D eigenvalue weighted by atomic mass is 35.5. The summed E-state index contributed by atoms with van der Waals surface area (Å²) in [4.78, 5) is 27.1. The van der Waals surface area contributed by atoms with E-state index < -0.39 is 0 Å². The highest BCUT2D eigenvalue weighted by Gasteiger charge is 2.31. The third-order valence-electron chi connectivity index (χ3n) is 5.98. The minimum Gasteiger partial charge on any atom is -0.349 e. The van der Waals surface area contributed by atoms with Crippen LogP contribution in [0.3, 0.4) is 0 Å². The van der Waals surface area contributed by atoms with Crippen LogP contribution in [0.25, 0.3) is 6.08 Å². The highest BCUT2D eigenvalue weighted by molar-refractivity contribution is 6.31. The van der Waals surface area contributed by atoms with Gasteiger partial charge in [-0.1, -0.05) is 37.1 Å². The quantitative estimate of drug-likeness (QED) is 0.527. The molecule has 4 rings (SSSR count). The molecule has 2 saturated carbocycles. The first kappa shape index (κ1) is 22.6. The number of carbonyl (C=O) groups excluding carboxylic acids is 2. The van der Waals surface area contributed by atoms with Crippen LogP contribution in [0.5, 0.6) is 0 Å². The molecule has 1 aromatic heterocycles. The van der Waals surface area contributed by atoms with E-state index in [4.69, 9.17) is 11.6 Å². The molecule has 0 saturated heterocycles. The Morgan fingerprint density at radius 1 is 1.22 bits per heavy atom. The highest BCUT2D eigenvalue weighted by Crippen LogP contribution is 2.29.